The van der Waals surface area contributed by atoms with Crippen LogP contribution in [0, 0.1) is 11.3 Å². The van der Waals surface area contributed by atoms with Gasteiger partial charge in [0, 0.05) is 5.69 Å². The Morgan fingerprint density at radius 1 is 0.744 bits per heavy atom. The van der Waals surface area contributed by atoms with Gasteiger partial charge in [-0.2, -0.15) is 5.26 Å². The first-order valence-corrected chi connectivity index (χ1v) is 12.2. The molecule has 0 bridgehead atoms. The number of anilines is 1. The molecule has 0 aliphatic rings. The van der Waals surface area contributed by atoms with Crippen LogP contribution in [0.5, 0.6) is 23.0 Å². The summed E-state index contributed by atoms with van der Waals surface area (Å²) in [6.07, 6.45) is 1.50. The summed E-state index contributed by atoms with van der Waals surface area (Å²) in [6.45, 7) is 0.705. The van der Waals surface area contributed by atoms with Crippen molar-refractivity contribution in [3.8, 4) is 29.1 Å². The number of hydrogen-bond donors (Lipinski definition) is 1. The first kappa shape index (κ1) is 26.8. The lowest BCUT2D eigenvalue weighted by atomic mass is 10.1. The molecule has 4 rings (SSSR count). The topological polar surface area (TPSA) is 89.8 Å². The quantitative estimate of drug-likeness (QED) is 0.182. The van der Waals surface area contributed by atoms with Crippen LogP contribution >= 0.6 is 0 Å². The van der Waals surface area contributed by atoms with E-state index >= 15 is 0 Å². The summed E-state index contributed by atoms with van der Waals surface area (Å²) in [5.74, 6) is 1.75. The van der Waals surface area contributed by atoms with Crippen LogP contribution in [0.4, 0.5) is 5.69 Å². The molecule has 0 heterocycles. The van der Waals surface area contributed by atoms with Gasteiger partial charge < -0.3 is 24.3 Å². The Hall–Kier alpha value is -5.22. The lowest BCUT2D eigenvalue weighted by Gasteiger charge is -2.14. The van der Waals surface area contributed by atoms with Crippen LogP contribution in [0.15, 0.2) is 103 Å². The molecule has 4 aromatic rings. The van der Waals surface area contributed by atoms with Crippen molar-refractivity contribution in [2.45, 2.75) is 13.2 Å². The van der Waals surface area contributed by atoms with E-state index in [4.69, 9.17) is 18.9 Å². The number of carbonyl (C=O) groups excluding carboxylic acids is 1. The maximum absolute atomic E-state index is 12.5. The second-order valence-corrected chi connectivity index (χ2v) is 8.45. The van der Waals surface area contributed by atoms with Gasteiger partial charge in [0.15, 0.2) is 23.0 Å². The fourth-order valence-electron chi connectivity index (χ4n) is 3.75. The molecule has 0 unspecified atom stereocenters. The lowest BCUT2D eigenvalue weighted by Crippen LogP contribution is -2.13. The van der Waals surface area contributed by atoms with Gasteiger partial charge in [0.05, 0.1) is 14.2 Å². The van der Waals surface area contributed by atoms with E-state index in [0.29, 0.717) is 40.9 Å². The zero-order chi connectivity index (χ0) is 27.5. The number of benzene rings is 4. The second kappa shape index (κ2) is 13.4. The highest BCUT2D eigenvalue weighted by Gasteiger charge is 2.12. The van der Waals surface area contributed by atoms with Crippen LogP contribution in [0.25, 0.3) is 6.08 Å². The van der Waals surface area contributed by atoms with Crippen LogP contribution in [0.2, 0.25) is 0 Å². The first-order valence-electron chi connectivity index (χ1n) is 12.2. The van der Waals surface area contributed by atoms with Gasteiger partial charge in [-0.25, -0.2) is 0 Å². The van der Waals surface area contributed by atoms with Crippen LogP contribution in [0.1, 0.15) is 16.7 Å². The molecule has 39 heavy (non-hydrogen) atoms. The lowest BCUT2D eigenvalue weighted by molar-refractivity contribution is -0.112. The normalized spacial score (nSPS) is 10.7. The fraction of sp³-hybridized carbons (Fsp3) is 0.125. The van der Waals surface area contributed by atoms with Crippen LogP contribution < -0.4 is 24.3 Å². The van der Waals surface area contributed by atoms with Gasteiger partial charge in [-0.15, -0.1) is 0 Å². The van der Waals surface area contributed by atoms with E-state index < -0.39 is 5.91 Å². The molecule has 0 spiro atoms. The summed E-state index contributed by atoms with van der Waals surface area (Å²) < 4.78 is 23.0. The van der Waals surface area contributed by atoms with Gasteiger partial charge in [-0.05, 0) is 59.2 Å². The van der Waals surface area contributed by atoms with E-state index in [2.05, 4.69) is 5.32 Å². The monoisotopic (exact) mass is 520 g/mol. The average Bonchev–Trinajstić information content (AvgIpc) is 2.99. The molecule has 7 heteroatoms. The molecule has 196 valence electrons. The van der Waals surface area contributed by atoms with Gasteiger partial charge in [0.2, 0.25) is 0 Å². The van der Waals surface area contributed by atoms with Crippen molar-refractivity contribution in [1.29, 1.82) is 5.26 Å². The summed E-state index contributed by atoms with van der Waals surface area (Å²) in [4.78, 5) is 12.5. The molecular weight excluding hydrogens is 492 g/mol. The molecule has 4 aromatic carbocycles. The predicted molar refractivity (Wildman–Crippen MR) is 150 cm³/mol. The van der Waals surface area contributed by atoms with E-state index in [1.54, 1.807) is 49.6 Å². The Morgan fingerprint density at radius 2 is 1.33 bits per heavy atom. The van der Waals surface area contributed by atoms with Crippen molar-refractivity contribution in [2.75, 3.05) is 19.5 Å². The molecule has 0 saturated heterocycles. The van der Waals surface area contributed by atoms with Crippen molar-refractivity contribution in [3.63, 3.8) is 0 Å². The SMILES string of the molecule is COc1cc(/C=C(\C#N)C(=O)Nc2ccccc2)ccc1OCc1ccc(OCc2ccccc2)c(OC)c1. The third-order valence-corrected chi connectivity index (χ3v) is 5.75. The summed E-state index contributed by atoms with van der Waals surface area (Å²) in [7, 11) is 3.13. The number of amides is 1. The average molecular weight is 521 g/mol. The number of ether oxygens (including phenoxy) is 4. The molecule has 0 aliphatic carbocycles. The molecule has 0 radical (unpaired) electrons. The largest absolute Gasteiger partial charge is 0.493 e. The molecule has 0 atom stereocenters. The Labute approximate surface area is 227 Å². The van der Waals surface area contributed by atoms with Crippen molar-refractivity contribution in [3.05, 3.63) is 119 Å². The third-order valence-electron chi connectivity index (χ3n) is 5.75. The zero-order valence-corrected chi connectivity index (χ0v) is 21.7. The van der Waals surface area contributed by atoms with E-state index in [-0.39, 0.29) is 12.2 Å². The number of rotatable bonds is 11. The van der Waals surface area contributed by atoms with Gasteiger partial charge in [0.25, 0.3) is 5.91 Å². The zero-order valence-electron chi connectivity index (χ0n) is 21.7. The van der Waals surface area contributed by atoms with Crippen LogP contribution in [-0.4, -0.2) is 20.1 Å². The molecule has 0 aromatic heterocycles. The number of carbonyl (C=O) groups is 1. The third kappa shape index (κ3) is 7.40. The Morgan fingerprint density at radius 3 is 1.97 bits per heavy atom. The Balaban J connectivity index is 1.42. The van der Waals surface area contributed by atoms with Gasteiger partial charge >= 0.3 is 0 Å². The summed E-state index contributed by atoms with van der Waals surface area (Å²) in [5, 5.41) is 12.2. The Bertz CT molecular complexity index is 1480. The number of nitriles is 1. The maximum atomic E-state index is 12.5. The van der Waals surface area contributed by atoms with Crippen molar-refractivity contribution < 1.29 is 23.7 Å². The second-order valence-electron chi connectivity index (χ2n) is 8.45. The molecular formula is C32H28N2O5. The number of nitrogens with zero attached hydrogens (tertiary/aromatic N) is 1. The highest BCUT2D eigenvalue weighted by Crippen LogP contribution is 2.32. The summed E-state index contributed by atoms with van der Waals surface area (Å²) >= 11 is 0. The minimum Gasteiger partial charge on any atom is -0.493 e. The highest BCUT2D eigenvalue weighted by atomic mass is 16.5. The minimum absolute atomic E-state index is 0.0313. The first-order chi connectivity index (χ1) is 19.1. The molecule has 0 fully saturated rings. The Kier molecular flexibility index (Phi) is 9.19. The number of nitrogens with one attached hydrogen (secondary N) is 1. The number of methoxy groups -OCH3 is 2. The van der Waals surface area contributed by atoms with Crippen molar-refractivity contribution in [2.24, 2.45) is 0 Å². The van der Waals surface area contributed by atoms with E-state index in [1.165, 1.54) is 13.2 Å². The highest BCUT2D eigenvalue weighted by molar-refractivity contribution is 6.09. The molecule has 1 amide bonds. The van der Waals surface area contributed by atoms with E-state index in [9.17, 15) is 10.1 Å². The fourth-order valence-corrected chi connectivity index (χ4v) is 3.75. The molecule has 0 aliphatic heterocycles. The standard InChI is InChI=1S/C32H28N2O5/c1-36-30-18-24(17-26(20-33)32(35)34-27-11-7-4-8-12-27)13-15-28(30)39-22-25-14-16-29(31(19-25)37-2)38-21-23-9-5-3-6-10-23/h3-19H,21-22H2,1-2H3,(H,34,35)/b26-17+. The van der Waals surface area contributed by atoms with Gasteiger partial charge in [0.1, 0.15) is 24.9 Å². The molecule has 0 saturated carbocycles. The van der Waals surface area contributed by atoms with Gasteiger partial charge in [-0.1, -0.05) is 60.7 Å². The van der Waals surface area contributed by atoms with E-state index in [1.807, 2.05) is 60.7 Å². The van der Waals surface area contributed by atoms with Crippen molar-refractivity contribution >= 4 is 17.7 Å². The van der Waals surface area contributed by atoms with Crippen LogP contribution in [-0.2, 0) is 18.0 Å². The molecule has 7 nitrogen and oxygen atoms in total. The maximum Gasteiger partial charge on any atom is 0.266 e. The smallest absolute Gasteiger partial charge is 0.266 e. The number of hydrogen-bond acceptors (Lipinski definition) is 6. The van der Waals surface area contributed by atoms with E-state index in [0.717, 1.165) is 11.1 Å². The van der Waals surface area contributed by atoms with Crippen molar-refractivity contribution in [1.82, 2.24) is 0 Å². The van der Waals surface area contributed by atoms with Gasteiger partial charge in [-0.3, -0.25) is 4.79 Å². The molecule has 1 N–H and O–H groups in total. The number of para-hydroxylation sites is 1. The summed E-state index contributed by atoms with van der Waals surface area (Å²) in [5.41, 5.74) is 3.15. The summed E-state index contributed by atoms with van der Waals surface area (Å²) in [6, 6.07) is 31.7. The van der Waals surface area contributed by atoms with Crippen LogP contribution in [0.3, 0.4) is 0 Å². The predicted octanol–water partition coefficient (Wildman–Crippen LogP) is 6.41. The minimum atomic E-state index is -0.492.